The second kappa shape index (κ2) is 6.79. The lowest BCUT2D eigenvalue weighted by Gasteiger charge is -2.13. The van der Waals surface area contributed by atoms with E-state index >= 15 is 0 Å². The number of halogens is 2. The van der Waals surface area contributed by atoms with Crippen LogP contribution in [0.25, 0.3) is 0 Å². The number of carbonyl (C=O) groups is 1. The highest BCUT2D eigenvalue weighted by molar-refractivity contribution is 6.35. The van der Waals surface area contributed by atoms with Crippen molar-refractivity contribution in [2.45, 2.75) is 20.0 Å². The third-order valence-corrected chi connectivity index (χ3v) is 2.58. The van der Waals surface area contributed by atoms with Gasteiger partial charge in [0.25, 0.3) is 5.91 Å². The molecule has 1 amide bonds. The minimum absolute atomic E-state index is 0.0416. The number of pyridine rings is 1. The molecule has 94 valence electrons. The zero-order valence-electron chi connectivity index (χ0n) is 9.67. The first-order valence-electron chi connectivity index (χ1n) is 5.25. The summed E-state index contributed by atoms with van der Waals surface area (Å²) in [6, 6.07) is 1.44. The molecule has 0 saturated carbocycles. The van der Waals surface area contributed by atoms with E-state index in [1.54, 1.807) is 0 Å². The predicted octanol–water partition coefficient (Wildman–Crippen LogP) is 2.54. The highest BCUT2D eigenvalue weighted by atomic mass is 35.5. The molecule has 0 radical (unpaired) electrons. The Balaban J connectivity index is 2.61. The maximum Gasteiger partial charge on any atom is 0.253 e. The minimum Gasteiger partial charge on any atom is -0.377 e. The molecule has 1 aromatic heterocycles. The highest BCUT2D eigenvalue weighted by Gasteiger charge is 2.12. The van der Waals surface area contributed by atoms with Crippen LogP contribution >= 0.6 is 23.2 Å². The van der Waals surface area contributed by atoms with Gasteiger partial charge in [0, 0.05) is 19.3 Å². The number of amides is 1. The summed E-state index contributed by atoms with van der Waals surface area (Å²) >= 11 is 11.6. The Morgan fingerprint density at radius 2 is 2.29 bits per heavy atom. The third-order valence-electron chi connectivity index (χ3n) is 2.07. The molecule has 1 heterocycles. The Bertz CT molecular complexity index is 399. The highest BCUT2D eigenvalue weighted by Crippen LogP contribution is 2.17. The molecular weight excluding hydrogens is 263 g/mol. The van der Waals surface area contributed by atoms with Gasteiger partial charge in [-0.1, -0.05) is 23.2 Å². The number of hydrogen-bond donors (Lipinski definition) is 1. The summed E-state index contributed by atoms with van der Waals surface area (Å²) in [6.07, 6.45) is 1.31. The molecule has 0 aliphatic carbocycles. The van der Waals surface area contributed by atoms with E-state index in [2.05, 4.69) is 10.3 Å². The fourth-order valence-electron chi connectivity index (χ4n) is 1.26. The van der Waals surface area contributed by atoms with Crippen molar-refractivity contribution in [2.24, 2.45) is 0 Å². The van der Waals surface area contributed by atoms with Crippen molar-refractivity contribution in [2.75, 3.05) is 13.2 Å². The minimum atomic E-state index is -0.286. The van der Waals surface area contributed by atoms with Gasteiger partial charge in [-0.05, 0) is 19.9 Å². The summed E-state index contributed by atoms with van der Waals surface area (Å²) < 4.78 is 5.30. The quantitative estimate of drug-likeness (QED) is 0.841. The molecular formula is C11H14Cl2N2O2. The molecule has 0 aromatic carbocycles. The van der Waals surface area contributed by atoms with Gasteiger partial charge in [-0.3, -0.25) is 4.79 Å². The standard InChI is InChI=1S/C11H14Cl2N2O2/c1-3-17-7(2)5-15-11(16)8-4-10(13)14-6-9(8)12/h4,6-7H,3,5H2,1-2H3,(H,15,16). The van der Waals surface area contributed by atoms with E-state index in [0.29, 0.717) is 18.7 Å². The summed E-state index contributed by atoms with van der Waals surface area (Å²) in [5, 5.41) is 3.22. The molecule has 6 heteroatoms. The molecule has 0 bridgehead atoms. The summed E-state index contributed by atoms with van der Waals surface area (Å²) in [7, 11) is 0. The van der Waals surface area contributed by atoms with Gasteiger partial charge in [-0.25, -0.2) is 4.98 Å². The van der Waals surface area contributed by atoms with E-state index in [1.165, 1.54) is 12.3 Å². The lowest BCUT2D eigenvalue weighted by molar-refractivity contribution is 0.0695. The van der Waals surface area contributed by atoms with Crippen LogP contribution in [0, 0.1) is 0 Å². The zero-order valence-corrected chi connectivity index (χ0v) is 11.2. The van der Waals surface area contributed by atoms with Crippen LogP contribution in [0.2, 0.25) is 10.2 Å². The fraction of sp³-hybridized carbons (Fsp3) is 0.455. The van der Waals surface area contributed by atoms with Gasteiger partial charge < -0.3 is 10.1 Å². The summed E-state index contributed by atoms with van der Waals surface area (Å²) in [6.45, 7) is 4.81. The van der Waals surface area contributed by atoms with E-state index < -0.39 is 0 Å². The molecule has 0 saturated heterocycles. The number of nitrogens with zero attached hydrogens (tertiary/aromatic N) is 1. The van der Waals surface area contributed by atoms with E-state index in [1.807, 2.05) is 13.8 Å². The van der Waals surface area contributed by atoms with Crippen molar-refractivity contribution < 1.29 is 9.53 Å². The van der Waals surface area contributed by atoms with Crippen LogP contribution in [0.3, 0.4) is 0 Å². The van der Waals surface area contributed by atoms with Crippen LogP contribution in [0.5, 0.6) is 0 Å². The van der Waals surface area contributed by atoms with Crippen molar-refractivity contribution in [3.8, 4) is 0 Å². The molecule has 0 spiro atoms. The normalized spacial score (nSPS) is 12.2. The second-order valence-electron chi connectivity index (χ2n) is 3.46. The number of carbonyl (C=O) groups excluding carboxylic acids is 1. The molecule has 1 N–H and O–H groups in total. The van der Waals surface area contributed by atoms with Crippen LogP contribution < -0.4 is 5.32 Å². The lowest BCUT2D eigenvalue weighted by atomic mass is 10.2. The Labute approximate surface area is 110 Å². The topological polar surface area (TPSA) is 51.2 Å². The average molecular weight is 277 g/mol. The molecule has 1 unspecified atom stereocenters. The molecule has 1 atom stereocenters. The molecule has 1 rings (SSSR count). The van der Waals surface area contributed by atoms with Gasteiger partial charge in [0.2, 0.25) is 0 Å². The molecule has 0 aliphatic rings. The first kappa shape index (κ1) is 14.2. The van der Waals surface area contributed by atoms with Crippen molar-refractivity contribution >= 4 is 29.1 Å². The largest absolute Gasteiger partial charge is 0.377 e. The summed E-state index contributed by atoms with van der Waals surface area (Å²) in [5.74, 6) is -0.286. The summed E-state index contributed by atoms with van der Waals surface area (Å²) in [4.78, 5) is 15.6. The molecule has 0 fully saturated rings. The number of hydrogen-bond acceptors (Lipinski definition) is 3. The zero-order chi connectivity index (χ0) is 12.8. The van der Waals surface area contributed by atoms with Crippen LogP contribution in [0.15, 0.2) is 12.3 Å². The van der Waals surface area contributed by atoms with E-state index in [-0.39, 0.29) is 22.2 Å². The predicted molar refractivity (Wildman–Crippen MR) is 67.7 cm³/mol. The average Bonchev–Trinajstić information content (AvgIpc) is 2.29. The van der Waals surface area contributed by atoms with Gasteiger partial charge in [0.05, 0.1) is 16.7 Å². The van der Waals surface area contributed by atoms with Gasteiger partial charge in [0.1, 0.15) is 5.15 Å². The first-order valence-corrected chi connectivity index (χ1v) is 6.01. The Morgan fingerprint density at radius 3 is 2.94 bits per heavy atom. The second-order valence-corrected chi connectivity index (χ2v) is 4.26. The van der Waals surface area contributed by atoms with Crippen LogP contribution in [-0.2, 0) is 4.74 Å². The Kier molecular flexibility index (Phi) is 5.68. The maximum absolute atomic E-state index is 11.8. The van der Waals surface area contributed by atoms with E-state index in [0.717, 1.165) is 0 Å². The molecule has 0 aliphatic heterocycles. The number of aromatic nitrogens is 1. The van der Waals surface area contributed by atoms with Crippen molar-refractivity contribution in [1.29, 1.82) is 0 Å². The van der Waals surface area contributed by atoms with Gasteiger partial charge in [-0.15, -0.1) is 0 Å². The third kappa shape index (κ3) is 4.50. The maximum atomic E-state index is 11.8. The van der Waals surface area contributed by atoms with Crippen molar-refractivity contribution in [3.63, 3.8) is 0 Å². The van der Waals surface area contributed by atoms with Crippen molar-refractivity contribution in [3.05, 3.63) is 28.0 Å². The monoisotopic (exact) mass is 276 g/mol. The summed E-state index contributed by atoms with van der Waals surface area (Å²) in [5.41, 5.74) is 0.315. The van der Waals surface area contributed by atoms with E-state index in [9.17, 15) is 4.79 Å². The Hall–Kier alpha value is -0.840. The number of nitrogens with one attached hydrogen (secondary N) is 1. The SMILES string of the molecule is CCOC(C)CNC(=O)c1cc(Cl)ncc1Cl. The van der Waals surface area contributed by atoms with Gasteiger partial charge >= 0.3 is 0 Å². The van der Waals surface area contributed by atoms with Gasteiger partial charge in [0.15, 0.2) is 0 Å². The van der Waals surface area contributed by atoms with E-state index in [4.69, 9.17) is 27.9 Å². The van der Waals surface area contributed by atoms with Gasteiger partial charge in [-0.2, -0.15) is 0 Å². The van der Waals surface area contributed by atoms with Crippen LogP contribution in [-0.4, -0.2) is 30.1 Å². The number of rotatable bonds is 5. The van der Waals surface area contributed by atoms with Crippen molar-refractivity contribution in [1.82, 2.24) is 10.3 Å². The Morgan fingerprint density at radius 1 is 1.59 bits per heavy atom. The number of ether oxygens (including phenoxy) is 1. The smallest absolute Gasteiger partial charge is 0.253 e. The molecule has 17 heavy (non-hydrogen) atoms. The fourth-order valence-corrected chi connectivity index (χ4v) is 1.61. The first-order chi connectivity index (χ1) is 8.04. The molecule has 4 nitrogen and oxygen atoms in total. The molecule has 1 aromatic rings. The van der Waals surface area contributed by atoms with Crippen LogP contribution in [0.4, 0.5) is 0 Å². The lowest BCUT2D eigenvalue weighted by Crippen LogP contribution is -2.32. The van der Waals surface area contributed by atoms with Crippen LogP contribution in [0.1, 0.15) is 24.2 Å².